The first-order valence-corrected chi connectivity index (χ1v) is 7.20. The Bertz CT molecular complexity index is 697. The molecule has 3 N–H and O–H groups in total. The molecular weight excluding hydrogens is 342 g/mol. The van der Waals surface area contributed by atoms with E-state index in [1.165, 1.54) is 17.5 Å². The lowest BCUT2D eigenvalue weighted by Crippen LogP contribution is -2.33. The average Bonchev–Trinajstić information content (AvgIpc) is 3.03. The number of aromatic nitrogens is 2. The molecule has 0 radical (unpaired) electrons. The lowest BCUT2D eigenvalue weighted by Gasteiger charge is -2.02. The maximum Gasteiger partial charge on any atom is 0.286 e. The Morgan fingerprint density at radius 3 is 3.00 bits per heavy atom. The zero-order valence-corrected chi connectivity index (χ0v) is 12.8. The topological polar surface area (TPSA) is 93.6 Å². The first-order chi connectivity index (χ1) is 9.60. The van der Waals surface area contributed by atoms with Gasteiger partial charge in [-0.1, -0.05) is 0 Å². The highest BCUT2D eigenvalue weighted by Gasteiger charge is 2.08. The van der Waals surface area contributed by atoms with Crippen LogP contribution in [-0.4, -0.2) is 15.9 Å². The van der Waals surface area contributed by atoms with E-state index in [0.717, 1.165) is 10.2 Å². The van der Waals surface area contributed by atoms with Crippen LogP contribution in [0.4, 0.5) is 0 Å². The summed E-state index contributed by atoms with van der Waals surface area (Å²) in [7, 11) is 0. The molecule has 2 aromatic rings. The molecule has 102 valence electrons. The summed E-state index contributed by atoms with van der Waals surface area (Å²) in [6.07, 6.45) is 3.07. The zero-order valence-electron chi connectivity index (χ0n) is 10.4. The number of rotatable bonds is 4. The van der Waals surface area contributed by atoms with Crippen LogP contribution in [0.5, 0.6) is 0 Å². The Morgan fingerprint density at radius 1 is 1.65 bits per heavy atom. The molecule has 2 rings (SSSR count). The smallest absolute Gasteiger partial charge is 0.286 e. The van der Waals surface area contributed by atoms with E-state index in [1.807, 2.05) is 18.4 Å². The number of nitrogens with zero attached hydrogens (tertiary/aromatic N) is 2. The van der Waals surface area contributed by atoms with Crippen LogP contribution in [0.15, 0.2) is 28.3 Å². The average molecular weight is 352 g/mol. The molecule has 0 saturated carbocycles. The Kier molecular flexibility index (Phi) is 4.55. The number of allylic oxidation sites excluding steroid dienone is 1. The van der Waals surface area contributed by atoms with Crippen molar-refractivity contribution in [1.82, 2.24) is 20.8 Å². The first kappa shape index (κ1) is 14.3. The Hall–Kier alpha value is -2.11. The number of halogens is 1. The van der Waals surface area contributed by atoms with Gasteiger partial charge in [-0.2, -0.15) is 5.26 Å². The minimum Gasteiger partial charge on any atom is -0.356 e. The van der Waals surface area contributed by atoms with E-state index >= 15 is 0 Å². The summed E-state index contributed by atoms with van der Waals surface area (Å²) < 4.78 is 0.786. The monoisotopic (exact) mass is 351 g/mol. The summed E-state index contributed by atoms with van der Waals surface area (Å²) in [5.74, 6) is -0.334. The van der Waals surface area contributed by atoms with Crippen molar-refractivity contribution in [1.29, 1.82) is 5.26 Å². The van der Waals surface area contributed by atoms with Crippen LogP contribution >= 0.6 is 27.3 Å². The number of aromatic amines is 1. The fourth-order valence-electron chi connectivity index (χ4n) is 1.36. The summed E-state index contributed by atoms with van der Waals surface area (Å²) in [5, 5.41) is 11.5. The number of nitrogens with one attached hydrogen (secondary N) is 3. The van der Waals surface area contributed by atoms with Gasteiger partial charge in [-0.3, -0.25) is 10.2 Å². The van der Waals surface area contributed by atoms with Crippen molar-refractivity contribution in [3.05, 3.63) is 44.7 Å². The van der Waals surface area contributed by atoms with E-state index in [9.17, 15) is 4.79 Å². The summed E-state index contributed by atoms with van der Waals surface area (Å²) in [4.78, 5) is 18.7. The van der Waals surface area contributed by atoms with E-state index in [4.69, 9.17) is 5.26 Å². The first-order valence-electron chi connectivity index (χ1n) is 5.52. The van der Waals surface area contributed by atoms with Crippen molar-refractivity contribution in [2.24, 2.45) is 0 Å². The van der Waals surface area contributed by atoms with Crippen LogP contribution in [0, 0.1) is 18.3 Å². The molecule has 0 aliphatic carbocycles. The van der Waals surface area contributed by atoms with Gasteiger partial charge in [0.05, 0.1) is 0 Å². The largest absolute Gasteiger partial charge is 0.356 e. The molecule has 0 spiro atoms. The number of aryl methyl sites for hydroxylation is 1. The summed E-state index contributed by atoms with van der Waals surface area (Å²) in [6, 6.07) is 3.68. The van der Waals surface area contributed by atoms with Gasteiger partial charge in [-0.15, -0.1) is 11.3 Å². The van der Waals surface area contributed by atoms with Crippen LogP contribution in [0.25, 0.3) is 5.57 Å². The molecule has 2 heterocycles. The van der Waals surface area contributed by atoms with Crippen LogP contribution < -0.4 is 10.9 Å². The third-order valence-corrected chi connectivity index (χ3v) is 3.72. The number of hydrogen-bond donors (Lipinski definition) is 3. The summed E-state index contributed by atoms with van der Waals surface area (Å²) in [5.41, 5.74) is 6.68. The second kappa shape index (κ2) is 6.36. The lowest BCUT2D eigenvalue weighted by molar-refractivity contribution is 0.0936. The molecule has 6 nitrogen and oxygen atoms in total. The third kappa shape index (κ3) is 3.46. The molecule has 0 fully saturated rings. The van der Waals surface area contributed by atoms with Gasteiger partial charge in [0.15, 0.2) is 0 Å². The maximum atomic E-state index is 11.7. The summed E-state index contributed by atoms with van der Waals surface area (Å²) in [6.45, 7) is 1.85. The van der Waals surface area contributed by atoms with Crippen molar-refractivity contribution in [2.45, 2.75) is 6.92 Å². The normalized spacial score (nSPS) is 10.9. The maximum absolute atomic E-state index is 11.7. The number of H-pyrrole nitrogens is 1. The standard InChI is InChI=1S/C12H10BrN5OS/c1-7-6-20-12(17-7)8(3-14)4-16-18-11(19)10-2-9(13)5-15-10/h2,4-6,15-16H,1H3,(H,18,19)/b8-4+. The van der Waals surface area contributed by atoms with Crippen molar-refractivity contribution in [3.8, 4) is 6.07 Å². The molecule has 8 heteroatoms. The van der Waals surface area contributed by atoms with Gasteiger partial charge in [0.2, 0.25) is 0 Å². The van der Waals surface area contributed by atoms with Crippen LogP contribution in [0.2, 0.25) is 0 Å². The molecule has 0 atom stereocenters. The molecule has 0 saturated heterocycles. The quantitative estimate of drug-likeness (QED) is 0.582. The number of thiazole rings is 1. The van der Waals surface area contributed by atoms with E-state index in [0.29, 0.717) is 16.3 Å². The highest BCUT2D eigenvalue weighted by molar-refractivity contribution is 9.10. The van der Waals surface area contributed by atoms with Crippen LogP contribution in [-0.2, 0) is 0 Å². The number of carbonyl (C=O) groups excluding carboxylic acids is 1. The molecular formula is C12H10BrN5OS. The summed E-state index contributed by atoms with van der Waals surface area (Å²) >= 11 is 4.62. The zero-order chi connectivity index (χ0) is 14.5. The van der Waals surface area contributed by atoms with Crippen LogP contribution in [0.3, 0.4) is 0 Å². The van der Waals surface area contributed by atoms with E-state index in [-0.39, 0.29) is 5.91 Å². The fourth-order valence-corrected chi connectivity index (χ4v) is 2.47. The molecule has 20 heavy (non-hydrogen) atoms. The highest BCUT2D eigenvalue weighted by Crippen LogP contribution is 2.17. The minimum absolute atomic E-state index is 0.334. The van der Waals surface area contributed by atoms with E-state index < -0.39 is 0 Å². The predicted octanol–water partition coefficient (Wildman–Crippen LogP) is 2.34. The number of carbonyl (C=O) groups is 1. The molecule has 2 aromatic heterocycles. The molecule has 0 bridgehead atoms. The number of amides is 1. The van der Waals surface area contributed by atoms with Gasteiger partial charge >= 0.3 is 0 Å². The number of nitriles is 1. The number of hydrogen-bond acceptors (Lipinski definition) is 5. The number of hydrazine groups is 1. The SMILES string of the molecule is Cc1csc(/C(C#N)=C/NNC(=O)c2cc(Br)c[nH]2)n1. The van der Waals surface area contributed by atoms with Crippen molar-refractivity contribution >= 4 is 38.7 Å². The van der Waals surface area contributed by atoms with E-state index in [1.54, 1.807) is 12.3 Å². The van der Waals surface area contributed by atoms with Gasteiger partial charge in [0.25, 0.3) is 5.91 Å². The lowest BCUT2D eigenvalue weighted by atomic mass is 10.3. The molecule has 1 amide bonds. The van der Waals surface area contributed by atoms with Crippen molar-refractivity contribution < 1.29 is 4.79 Å². The van der Waals surface area contributed by atoms with Crippen molar-refractivity contribution in [3.63, 3.8) is 0 Å². The van der Waals surface area contributed by atoms with Crippen molar-refractivity contribution in [2.75, 3.05) is 0 Å². The minimum atomic E-state index is -0.334. The second-order valence-corrected chi connectivity index (χ2v) is 5.57. The van der Waals surface area contributed by atoms with Gasteiger partial charge in [-0.25, -0.2) is 4.98 Å². The van der Waals surface area contributed by atoms with Crippen LogP contribution in [0.1, 0.15) is 21.2 Å². The van der Waals surface area contributed by atoms with Gasteiger partial charge in [0.1, 0.15) is 22.3 Å². The highest BCUT2D eigenvalue weighted by atomic mass is 79.9. The predicted molar refractivity (Wildman–Crippen MR) is 79.5 cm³/mol. The molecule has 0 aliphatic heterocycles. The third-order valence-electron chi connectivity index (χ3n) is 2.26. The Labute approximate surface area is 127 Å². The Balaban J connectivity index is 1.98. The van der Waals surface area contributed by atoms with Gasteiger partial charge < -0.3 is 10.4 Å². The molecule has 0 unspecified atom stereocenters. The molecule has 0 aliphatic rings. The second-order valence-electron chi connectivity index (χ2n) is 3.79. The van der Waals surface area contributed by atoms with Gasteiger partial charge in [-0.05, 0) is 28.9 Å². The van der Waals surface area contributed by atoms with Gasteiger partial charge in [0, 0.05) is 27.9 Å². The van der Waals surface area contributed by atoms with E-state index in [2.05, 4.69) is 36.7 Å². The molecule has 0 aromatic carbocycles. The fraction of sp³-hybridized carbons (Fsp3) is 0.0833. The Morgan fingerprint density at radius 2 is 2.45 bits per heavy atom.